The van der Waals surface area contributed by atoms with E-state index in [4.69, 9.17) is 4.74 Å². The van der Waals surface area contributed by atoms with Gasteiger partial charge < -0.3 is 10.1 Å². The number of imide groups is 1. The first-order valence-corrected chi connectivity index (χ1v) is 11.1. The number of esters is 1. The fourth-order valence-electron chi connectivity index (χ4n) is 5.41. The lowest BCUT2D eigenvalue weighted by atomic mass is 9.82. The quantitative estimate of drug-likeness (QED) is 0.223. The number of amides is 3. The maximum atomic E-state index is 13.1. The number of anilines is 2. The molecule has 2 bridgehead atoms. The number of nitrogens with one attached hydrogen (secondary N) is 1. The third-order valence-electron chi connectivity index (χ3n) is 6.90. The van der Waals surface area contributed by atoms with Gasteiger partial charge in [-0.3, -0.25) is 24.5 Å². The van der Waals surface area contributed by atoms with Gasteiger partial charge in [-0.2, -0.15) is 0 Å². The number of nitro groups is 1. The molecule has 178 valence electrons. The second kappa shape index (κ2) is 8.46. The van der Waals surface area contributed by atoms with Gasteiger partial charge >= 0.3 is 5.97 Å². The summed E-state index contributed by atoms with van der Waals surface area (Å²) in [6.45, 7) is 1.37. The zero-order chi connectivity index (χ0) is 24.9. The first kappa shape index (κ1) is 22.5. The standard InChI is InChI=1S/C25H21N3O7/c1-13-8-15-10-19(13)22-21(15)23(30)27(24(22)31)17-6-2-4-14(9-17)25(32)35-12-20(29)26-16-5-3-7-18(11-16)28(33)34/h2-9,11,15,19,21-22H,10,12H2,1H3,(H,26,29)/t15-,19+,21+,22+/m0/s1. The van der Waals surface area contributed by atoms with Crippen molar-refractivity contribution in [2.24, 2.45) is 23.7 Å². The molecule has 2 aromatic rings. The van der Waals surface area contributed by atoms with Gasteiger partial charge in [0.1, 0.15) is 0 Å². The van der Waals surface area contributed by atoms with Gasteiger partial charge in [-0.05, 0) is 49.4 Å². The molecule has 2 aliphatic carbocycles. The first-order valence-electron chi connectivity index (χ1n) is 11.1. The molecule has 0 aromatic heterocycles. The van der Waals surface area contributed by atoms with Crippen LogP contribution in [-0.4, -0.2) is 35.2 Å². The van der Waals surface area contributed by atoms with Crippen LogP contribution in [0.5, 0.6) is 0 Å². The smallest absolute Gasteiger partial charge is 0.338 e. The first-order chi connectivity index (χ1) is 16.7. The Morgan fingerprint density at radius 1 is 1.11 bits per heavy atom. The zero-order valence-electron chi connectivity index (χ0n) is 18.7. The largest absolute Gasteiger partial charge is 0.452 e. The summed E-state index contributed by atoms with van der Waals surface area (Å²) in [6, 6.07) is 11.4. The second-order valence-corrected chi connectivity index (χ2v) is 8.96. The van der Waals surface area contributed by atoms with E-state index in [0.717, 1.165) is 16.9 Å². The number of fused-ring (bicyclic) bond motifs is 5. The van der Waals surface area contributed by atoms with Crippen LogP contribution in [0.1, 0.15) is 23.7 Å². The molecule has 1 aliphatic heterocycles. The minimum atomic E-state index is -0.807. The van der Waals surface area contributed by atoms with E-state index in [1.54, 1.807) is 12.1 Å². The fourth-order valence-corrected chi connectivity index (χ4v) is 5.41. The van der Waals surface area contributed by atoms with Crippen molar-refractivity contribution in [2.45, 2.75) is 13.3 Å². The molecule has 1 saturated carbocycles. The Morgan fingerprint density at radius 3 is 2.63 bits per heavy atom. The summed E-state index contributed by atoms with van der Waals surface area (Å²) in [4.78, 5) is 62.3. The number of hydrogen-bond acceptors (Lipinski definition) is 7. The van der Waals surface area contributed by atoms with Crippen molar-refractivity contribution in [1.29, 1.82) is 0 Å². The average Bonchev–Trinajstić information content (AvgIpc) is 3.47. The Morgan fingerprint density at radius 2 is 1.86 bits per heavy atom. The van der Waals surface area contributed by atoms with Gasteiger partial charge in [-0.15, -0.1) is 0 Å². The Bertz CT molecular complexity index is 1320. The number of carbonyl (C=O) groups excluding carboxylic acids is 4. The van der Waals surface area contributed by atoms with Crippen LogP contribution < -0.4 is 10.2 Å². The van der Waals surface area contributed by atoms with Crippen LogP contribution in [0, 0.1) is 33.8 Å². The van der Waals surface area contributed by atoms with Crippen LogP contribution in [0.4, 0.5) is 17.1 Å². The highest BCUT2D eigenvalue weighted by molar-refractivity contribution is 6.23. The predicted molar refractivity (Wildman–Crippen MR) is 123 cm³/mol. The van der Waals surface area contributed by atoms with Crippen molar-refractivity contribution in [1.82, 2.24) is 0 Å². The lowest BCUT2D eigenvalue weighted by Crippen LogP contribution is -2.33. The Hall–Kier alpha value is -4.34. The fraction of sp³-hybridized carbons (Fsp3) is 0.280. The van der Waals surface area contributed by atoms with E-state index in [9.17, 15) is 29.3 Å². The molecule has 3 aliphatic rings. The van der Waals surface area contributed by atoms with E-state index >= 15 is 0 Å². The second-order valence-electron chi connectivity index (χ2n) is 8.96. The Labute approximate surface area is 199 Å². The molecule has 1 saturated heterocycles. The van der Waals surface area contributed by atoms with Crippen LogP contribution in [0.3, 0.4) is 0 Å². The summed E-state index contributed by atoms with van der Waals surface area (Å²) >= 11 is 0. The normalized spacial score (nSPS) is 24.3. The van der Waals surface area contributed by atoms with E-state index in [0.29, 0.717) is 5.69 Å². The molecule has 2 aromatic carbocycles. The molecule has 10 heteroatoms. The molecule has 35 heavy (non-hydrogen) atoms. The van der Waals surface area contributed by atoms with Gasteiger partial charge in [-0.1, -0.05) is 23.8 Å². The third-order valence-corrected chi connectivity index (χ3v) is 6.90. The van der Waals surface area contributed by atoms with E-state index in [1.165, 1.54) is 36.4 Å². The number of rotatable bonds is 6. The van der Waals surface area contributed by atoms with E-state index in [2.05, 4.69) is 11.4 Å². The molecule has 0 spiro atoms. The maximum absolute atomic E-state index is 13.1. The van der Waals surface area contributed by atoms with Crippen LogP contribution >= 0.6 is 0 Å². The molecule has 5 rings (SSSR count). The van der Waals surface area contributed by atoms with Gasteiger partial charge in [0, 0.05) is 17.8 Å². The van der Waals surface area contributed by atoms with E-state index in [1.807, 2.05) is 6.92 Å². The highest BCUT2D eigenvalue weighted by atomic mass is 16.6. The van der Waals surface area contributed by atoms with Crippen LogP contribution in [0.2, 0.25) is 0 Å². The number of benzene rings is 2. The topological polar surface area (TPSA) is 136 Å². The molecular formula is C25H21N3O7. The minimum Gasteiger partial charge on any atom is -0.452 e. The van der Waals surface area contributed by atoms with Gasteiger partial charge in [-0.25, -0.2) is 9.69 Å². The average molecular weight is 475 g/mol. The molecule has 0 unspecified atom stereocenters. The van der Waals surface area contributed by atoms with Crippen molar-refractivity contribution < 1.29 is 28.8 Å². The van der Waals surface area contributed by atoms with Gasteiger partial charge in [0.15, 0.2) is 6.61 Å². The molecule has 0 radical (unpaired) electrons. The van der Waals surface area contributed by atoms with E-state index in [-0.39, 0.29) is 52.4 Å². The Kier molecular flexibility index (Phi) is 5.43. The summed E-state index contributed by atoms with van der Waals surface area (Å²) in [5.74, 6) is -2.54. The number of non-ortho nitro benzene ring substituents is 1. The highest BCUT2D eigenvalue weighted by Crippen LogP contribution is 2.55. The summed E-state index contributed by atoms with van der Waals surface area (Å²) in [6.07, 6.45) is 2.92. The van der Waals surface area contributed by atoms with Gasteiger partial charge in [0.25, 0.3) is 11.6 Å². The van der Waals surface area contributed by atoms with Crippen LogP contribution in [0.15, 0.2) is 60.2 Å². The number of ether oxygens (including phenoxy) is 1. The highest BCUT2D eigenvalue weighted by Gasteiger charge is 2.60. The molecular weight excluding hydrogens is 454 g/mol. The number of carbonyl (C=O) groups is 4. The van der Waals surface area contributed by atoms with Crippen molar-refractivity contribution in [2.75, 3.05) is 16.8 Å². The molecule has 1 N–H and O–H groups in total. The summed E-state index contributed by atoms with van der Waals surface area (Å²) in [5, 5.41) is 13.3. The predicted octanol–water partition coefficient (Wildman–Crippen LogP) is 3.09. The molecule has 10 nitrogen and oxygen atoms in total. The minimum absolute atomic E-state index is 0.0733. The van der Waals surface area contributed by atoms with Crippen molar-refractivity contribution in [3.8, 4) is 0 Å². The SMILES string of the molecule is CC1=C[C@H]2C[C@H]1[C@H]1C(=O)N(c3cccc(C(=O)OCC(=O)Nc4cccc([N+](=O)[O-])c4)c3)C(=O)[C@@H]12. The summed E-state index contributed by atoms with van der Waals surface area (Å²) < 4.78 is 5.06. The maximum Gasteiger partial charge on any atom is 0.338 e. The monoisotopic (exact) mass is 475 g/mol. The summed E-state index contributed by atoms with van der Waals surface area (Å²) in [7, 11) is 0. The van der Waals surface area contributed by atoms with Crippen molar-refractivity contribution in [3.05, 3.63) is 75.9 Å². The number of nitrogens with zero attached hydrogens (tertiary/aromatic N) is 2. The zero-order valence-corrected chi connectivity index (χ0v) is 18.7. The van der Waals surface area contributed by atoms with Gasteiger partial charge in [0.2, 0.25) is 11.8 Å². The summed E-state index contributed by atoms with van der Waals surface area (Å²) in [5.41, 5.74) is 1.53. The van der Waals surface area contributed by atoms with E-state index < -0.39 is 23.4 Å². The number of allylic oxidation sites excluding steroid dienone is 2. The number of hydrogen-bond donors (Lipinski definition) is 1. The Balaban J connectivity index is 1.24. The molecule has 3 amide bonds. The molecule has 2 fully saturated rings. The lowest BCUT2D eigenvalue weighted by molar-refractivity contribution is -0.384. The van der Waals surface area contributed by atoms with Crippen LogP contribution in [-0.2, 0) is 19.1 Å². The van der Waals surface area contributed by atoms with Gasteiger partial charge in [0.05, 0.1) is 28.0 Å². The van der Waals surface area contributed by atoms with Crippen molar-refractivity contribution >= 4 is 40.8 Å². The van der Waals surface area contributed by atoms with Crippen molar-refractivity contribution in [3.63, 3.8) is 0 Å². The third kappa shape index (κ3) is 3.86. The van der Waals surface area contributed by atoms with Crippen LogP contribution in [0.25, 0.3) is 0 Å². The lowest BCUT2D eigenvalue weighted by Gasteiger charge is -2.19. The number of nitro benzene ring substituents is 1. The molecule has 1 heterocycles. The molecule has 4 atom stereocenters.